The molecule has 0 atom stereocenters. The van der Waals surface area contributed by atoms with E-state index in [1.54, 1.807) is 18.2 Å². The lowest BCUT2D eigenvalue weighted by Gasteiger charge is -2.31. The van der Waals surface area contributed by atoms with E-state index >= 15 is 0 Å². The maximum atomic E-state index is 13.2. The zero-order valence-corrected chi connectivity index (χ0v) is 19.0. The van der Waals surface area contributed by atoms with Crippen molar-refractivity contribution in [3.8, 4) is 5.69 Å². The molecule has 0 spiro atoms. The monoisotopic (exact) mass is 466 g/mol. The third-order valence-corrected chi connectivity index (χ3v) is 8.43. The number of hydrogen-bond donors (Lipinski definition) is 1. The van der Waals surface area contributed by atoms with Crippen LogP contribution in [0.15, 0.2) is 53.7 Å². The molecule has 0 radical (unpaired) electrons. The number of tetrazole rings is 1. The minimum absolute atomic E-state index is 0.0870. The van der Waals surface area contributed by atoms with Crippen LogP contribution in [0.1, 0.15) is 36.8 Å². The van der Waals surface area contributed by atoms with E-state index in [9.17, 15) is 13.2 Å². The highest BCUT2D eigenvalue weighted by atomic mass is 32.2. The Labute approximate surface area is 192 Å². The van der Waals surface area contributed by atoms with Crippen LogP contribution in [0, 0.1) is 5.92 Å². The summed E-state index contributed by atoms with van der Waals surface area (Å²) < 4.78 is 29.4. The van der Waals surface area contributed by atoms with Crippen molar-refractivity contribution in [3.63, 3.8) is 0 Å². The van der Waals surface area contributed by atoms with Gasteiger partial charge in [0.25, 0.3) is 0 Å². The number of benzene rings is 2. The molecule has 33 heavy (non-hydrogen) atoms. The molecule has 1 aliphatic carbocycles. The second-order valence-corrected chi connectivity index (χ2v) is 10.5. The highest BCUT2D eigenvalue weighted by Crippen LogP contribution is 2.28. The highest BCUT2D eigenvalue weighted by molar-refractivity contribution is 7.89. The first-order valence-electron chi connectivity index (χ1n) is 11.3. The lowest BCUT2D eigenvalue weighted by Crippen LogP contribution is -2.41. The molecule has 0 unspecified atom stereocenters. The number of aromatic nitrogens is 4. The van der Waals surface area contributed by atoms with E-state index in [2.05, 4.69) is 20.8 Å². The molecule has 1 N–H and O–H groups in total. The maximum absolute atomic E-state index is 13.2. The number of fused-ring (bicyclic) bond motifs is 1. The van der Waals surface area contributed by atoms with Crippen LogP contribution in [0.4, 0.5) is 5.69 Å². The second-order valence-electron chi connectivity index (χ2n) is 8.61. The van der Waals surface area contributed by atoms with Gasteiger partial charge >= 0.3 is 0 Å². The van der Waals surface area contributed by atoms with E-state index in [4.69, 9.17) is 0 Å². The van der Waals surface area contributed by atoms with Crippen molar-refractivity contribution in [2.75, 3.05) is 18.4 Å². The first-order valence-corrected chi connectivity index (χ1v) is 12.7. The van der Waals surface area contributed by atoms with Crippen LogP contribution in [0.3, 0.4) is 0 Å². The van der Waals surface area contributed by atoms with Crippen LogP contribution in [0.5, 0.6) is 0 Å². The summed E-state index contributed by atoms with van der Waals surface area (Å²) in [5.74, 6) is -0.310. The Morgan fingerprint density at radius 3 is 2.39 bits per heavy atom. The predicted molar refractivity (Wildman–Crippen MR) is 122 cm³/mol. The quantitative estimate of drug-likeness (QED) is 0.619. The first kappa shape index (κ1) is 21.7. The van der Waals surface area contributed by atoms with E-state index in [1.165, 1.54) is 20.9 Å². The third kappa shape index (κ3) is 4.53. The Kier molecular flexibility index (Phi) is 5.94. The summed E-state index contributed by atoms with van der Waals surface area (Å²) in [5, 5.41) is 14.0. The molecule has 5 rings (SSSR count). The topological polar surface area (TPSA) is 110 Å². The second kappa shape index (κ2) is 9.03. The number of amides is 1. The number of sulfonamides is 1. The van der Waals surface area contributed by atoms with Crippen molar-refractivity contribution in [2.24, 2.45) is 5.92 Å². The average molecular weight is 467 g/mol. The van der Waals surface area contributed by atoms with Crippen molar-refractivity contribution < 1.29 is 13.2 Å². The molecule has 2 aromatic carbocycles. The fourth-order valence-corrected chi connectivity index (χ4v) is 6.12. The summed E-state index contributed by atoms with van der Waals surface area (Å²) in [7, 11) is -3.55. The normalized spacial score (nSPS) is 17.5. The molecule has 1 aliphatic heterocycles. The van der Waals surface area contributed by atoms with Crippen LogP contribution in [-0.2, 0) is 27.7 Å². The number of nitrogens with one attached hydrogen (secondary N) is 1. The number of anilines is 1. The number of piperidine rings is 1. The van der Waals surface area contributed by atoms with Gasteiger partial charge in [0.1, 0.15) is 6.33 Å². The van der Waals surface area contributed by atoms with E-state index in [1.807, 2.05) is 24.3 Å². The molecule has 2 aliphatic rings. The van der Waals surface area contributed by atoms with Crippen LogP contribution in [0.2, 0.25) is 0 Å². The van der Waals surface area contributed by atoms with Gasteiger partial charge in [-0.25, -0.2) is 13.1 Å². The molecular weight excluding hydrogens is 440 g/mol. The zero-order chi connectivity index (χ0) is 22.8. The van der Waals surface area contributed by atoms with E-state index < -0.39 is 10.0 Å². The number of rotatable bonds is 5. The lowest BCUT2D eigenvalue weighted by molar-refractivity contribution is -0.120. The average Bonchev–Trinajstić information content (AvgIpc) is 3.39. The Morgan fingerprint density at radius 2 is 1.70 bits per heavy atom. The Bertz CT molecular complexity index is 1230. The van der Waals surface area contributed by atoms with Gasteiger partial charge in [0.15, 0.2) is 0 Å². The van der Waals surface area contributed by atoms with Gasteiger partial charge in [0, 0.05) is 24.7 Å². The molecule has 2 heterocycles. The molecule has 1 aromatic heterocycles. The van der Waals surface area contributed by atoms with Crippen LogP contribution >= 0.6 is 0 Å². The Morgan fingerprint density at radius 1 is 0.970 bits per heavy atom. The number of hydrogen-bond acceptors (Lipinski definition) is 6. The number of nitrogens with zero attached hydrogens (tertiary/aromatic N) is 5. The molecule has 1 fully saturated rings. The molecular formula is C23H26N6O3S. The standard InChI is InChI=1S/C23H26N6O3S/c30-23(25-20-6-8-21(9-7-20)29-16-24-26-27-29)18-11-13-28(14-12-18)33(31,32)22-10-5-17-3-1-2-4-19(17)15-22/h5-10,15-16,18H,1-4,11-14H2,(H,25,30). The predicted octanol–water partition coefficient (Wildman–Crippen LogP) is 2.58. The minimum Gasteiger partial charge on any atom is -0.326 e. The largest absolute Gasteiger partial charge is 0.326 e. The van der Waals surface area contributed by atoms with Crippen LogP contribution in [-0.4, -0.2) is 51.9 Å². The zero-order valence-electron chi connectivity index (χ0n) is 18.2. The number of carbonyl (C=O) groups excluding carboxylic acids is 1. The Balaban J connectivity index is 1.19. The summed E-state index contributed by atoms with van der Waals surface area (Å²) in [5.41, 5.74) is 3.89. The lowest BCUT2D eigenvalue weighted by atomic mass is 9.92. The molecule has 1 saturated heterocycles. The molecule has 0 saturated carbocycles. The molecule has 10 heteroatoms. The highest BCUT2D eigenvalue weighted by Gasteiger charge is 2.32. The first-order chi connectivity index (χ1) is 16.0. The number of carbonyl (C=O) groups is 1. The van der Waals surface area contributed by atoms with Crippen molar-refractivity contribution in [2.45, 2.75) is 43.4 Å². The van der Waals surface area contributed by atoms with E-state index in [-0.39, 0.29) is 11.8 Å². The molecule has 9 nitrogen and oxygen atoms in total. The summed E-state index contributed by atoms with van der Waals surface area (Å²) in [6, 6.07) is 12.8. The van der Waals surface area contributed by atoms with Gasteiger partial charge in [-0.3, -0.25) is 4.79 Å². The fourth-order valence-electron chi connectivity index (χ4n) is 4.60. The third-order valence-electron chi connectivity index (χ3n) is 6.53. The summed E-state index contributed by atoms with van der Waals surface area (Å²) >= 11 is 0. The SMILES string of the molecule is O=C(Nc1ccc(-n2cnnn2)cc1)C1CCN(S(=O)(=O)c2ccc3c(c2)CCCC3)CC1. The Hall–Kier alpha value is -3.11. The molecule has 0 bridgehead atoms. The van der Waals surface area contributed by atoms with Crippen molar-refractivity contribution >= 4 is 21.6 Å². The summed E-state index contributed by atoms with van der Waals surface area (Å²) in [6.07, 6.45) is 6.74. The van der Waals surface area contributed by atoms with Gasteiger partial charge in [-0.2, -0.15) is 4.31 Å². The minimum atomic E-state index is -3.55. The maximum Gasteiger partial charge on any atom is 0.243 e. The van der Waals surface area contributed by atoms with Crippen molar-refractivity contribution in [1.82, 2.24) is 24.5 Å². The fraction of sp³-hybridized carbons (Fsp3) is 0.391. The van der Waals surface area contributed by atoms with E-state index in [0.717, 1.165) is 36.9 Å². The molecule has 172 valence electrons. The van der Waals surface area contributed by atoms with E-state index in [0.29, 0.717) is 36.5 Å². The van der Waals surface area contributed by atoms with Gasteiger partial charge in [-0.05, 0) is 96.5 Å². The smallest absolute Gasteiger partial charge is 0.243 e. The molecule has 1 amide bonds. The summed E-state index contributed by atoms with van der Waals surface area (Å²) in [6.45, 7) is 0.686. The van der Waals surface area contributed by atoms with Crippen molar-refractivity contribution in [1.29, 1.82) is 0 Å². The van der Waals surface area contributed by atoms with Crippen LogP contribution < -0.4 is 5.32 Å². The van der Waals surface area contributed by atoms with Gasteiger partial charge in [0.2, 0.25) is 15.9 Å². The van der Waals surface area contributed by atoms with Gasteiger partial charge in [0.05, 0.1) is 10.6 Å². The van der Waals surface area contributed by atoms with Gasteiger partial charge in [-0.15, -0.1) is 5.10 Å². The number of aryl methyl sites for hydroxylation is 2. The van der Waals surface area contributed by atoms with Gasteiger partial charge < -0.3 is 5.32 Å². The summed E-state index contributed by atoms with van der Waals surface area (Å²) in [4.78, 5) is 13.1. The van der Waals surface area contributed by atoms with Gasteiger partial charge in [-0.1, -0.05) is 6.07 Å². The van der Waals surface area contributed by atoms with Crippen molar-refractivity contribution in [3.05, 3.63) is 59.9 Å². The molecule has 3 aromatic rings. The van der Waals surface area contributed by atoms with Crippen LogP contribution in [0.25, 0.3) is 5.69 Å².